The van der Waals surface area contributed by atoms with Crippen LogP contribution in [0.1, 0.15) is 12.8 Å². The van der Waals surface area contributed by atoms with E-state index in [0.717, 1.165) is 12.0 Å². The van der Waals surface area contributed by atoms with Crippen molar-refractivity contribution in [1.82, 2.24) is 10.1 Å². The Kier molecular flexibility index (Phi) is 1.70. The fourth-order valence-corrected chi connectivity index (χ4v) is 2.26. The first kappa shape index (κ1) is 6.68. The highest BCUT2D eigenvalue weighted by Crippen LogP contribution is 2.22. The second-order valence-electron chi connectivity index (χ2n) is 3.68. The largest absolute Gasteiger partial charge is 0.347 e. The van der Waals surface area contributed by atoms with E-state index in [9.17, 15) is 0 Å². The maximum Gasteiger partial charge on any atom is 0.185 e. The molecule has 0 bridgehead atoms. The summed E-state index contributed by atoms with van der Waals surface area (Å²) in [6, 6.07) is 0.818. The zero-order chi connectivity index (χ0) is 6.97. The molecule has 0 saturated carbocycles. The molecular weight excluding hydrogens is 123 g/mol. The van der Waals surface area contributed by atoms with Gasteiger partial charge in [0, 0.05) is 12.6 Å². The average molecular weight is 138 g/mol. The highest BCUT2D eigenvalue weighted by atomic mass is 15.1. The Morgan fingerprint density at radius 2 is 2.30 bits per heavy atom. The van der Waals surface area contributed by atoms with E-state index < -0.39 is 0 Å². The van der Waals surface area contributed by atoms with E-state index in [1.165, 1.54) is 32.5 Å². The predicted octanol–water partition coefficient (Wildman–Crippen LogP) is -0.782. The Morgan fingerprint density at radius 1 is 1.40 bits per heavy atom. The Balaban J connectivity index is 1.97. The van der Waals surface area contributed by atoms with Crippen LogP contribution in [0.15, 0.2) is 0 Å². The van der Waals surface area contributed by atoms with Gasteiger partial charge in [-0.1, -0.05) is 0 Å². The molecule has 2 rings (SSSR count). The van der Waals surface area contributed by atoms with E-state index in [4.69, 9.17) is 0 Å². The molecule has 10 heavy (non-hydrogen) atoms. The zero-order valence-corrected chi connectivity index (χ0v) is 6.64. The summed E-state index contributed by atoms with van der Waals surface area (Å²) in [7, 11) is 2.22. The van der Waals surface area contributed by atoms with Crippen LogP contribution in [0.25, 0.3) is 0 Å². The molecule has 0 spiro atoms. The van der Waals surface area contributed by atoms with Crippen molar-refractivity contribution in [3.8, 4) is 0 Å². The van der Waals surface area contributed by atoms with Gasteiger partial charge in [0.15, 0.2) is 7.98 Å². The van der Waals surface area contributed by atoms with Gasteiger partial charge in [-0.05, 0) is 31.8 Å². The van der Waals surface area contributed by atoms with E-state index in [2.05, 4.69) is 18.1 Å². The van der Waals surface area contributed by atoms with E-state index in [1.807, 2.05) is 0 Å². The standard InChI is InChI=1S/C7H15BN2/c8-10-4-6-2-1-3-9-7(6)5-10/h6-7,9H,1-5,8H2/t6-,7+/m0/s1. The van der Waals surface area contributed by atoms with Crippen molar-refractivity contribution in [2.75, 3.05) is 19.6 Å². The van der Waals surface area contributed by atoms with Gasteiger partial charge >= 0.3 is 0 Å². The summed E-state index contributed by atoms with van der Waals surface area (Å²) in [4.78, 5) is 2.44. The van der Waals surface area contributed by atoms with Gasteiger partial charge < -0.3 is 10.1 Å². The molecule has 2 nitrogen and oxygen atoms in total. The molecule has 1 N–H and O–H groups in total. The van der Waals surface area contributed by atoms with Crippen LogP contribution in [0.4, 0.5) is 0 Å². The third-order valence-corrected chi connectivity index (χ3v) is 2.78. The Bertz CT molecular complexity index is 115. The molecule has 2 heterocycles. The number of nitrogens with one attached hydrogen (secondary N) is 1. The SMILES string of the molecule is BN1C[C@@H]2CCCN[C@@H]2C1. The van der Waals surface area contributed by atoms with Crippen molar-refractivity contribution in [3.63, 3.8) is 0 Å². The minimum atomic E-state index is 0.818. The van der Waals surface area contributed by atoms with Gasteiger partial charge in [-0.3, -0.25) is 0 Å². The summed E-state index contributed by atoms with van der Waals surface area (Å²) >= 11 is 0. The van der Waals surface area contributed by atoms with Gasteiger partial charge in [0.05, 0.1) is 0 Å². The first-order valence-corrected chi connectivity index (χ1v) is 4.28. The third-order valence-electron chi connectivity index (χ3n) is 2.78. The molecule has 2 atom stereocenters. The highest BCUT2D eigenvalue weighted by Gasteiger charge is 2.31. The van der Waals surface area contributed by atoms with Crippen LogP contribution in [0.3, 0.4) is 0 Å². The van der Waals surface area contributed by atoms with Crippen LogP contribution in [-0.4, -0.2) is 38.5 Å². The van der Waals surface area contributed by atoms with E-state index in [1.54, 1.807) is 0 Å². The lowest BCUT2D eigenvalue weighted by atomic mass is 9.94. The molecule has 0 amide bonds. The first-order valence-electron chi connectivity index (χ1n) is 4.28. The summed E-state index contributed by atoms with van der Waals surface area (Å²) < 4.78 is 0. The quantitative estimate of drug-likeness (QED) is 0.441. The molecule has 0 aromatic rings. The minimum absolute atomic E-state index is 0.818. The molecule has 56 valence electrons. The van der Waals surface area contributed by atoms with Crippen molar-refractivity contribution in [2.24, 2.45) is 5.92 Å². The van der Waals surface area contributed by atoms with Crippen molar-refractivity contribution in [1.29, 1.82) is 0 Å². The molecule has 0 aliphatic carbocycles. The lowest BCUT2D eigenvalue weighted by molar-refractivity contribution is 0.339. The topological polar surface area (TPSA) is 15.3 Å². The monoisotopic (exact) mass is 138 g/mol. The summed E-state index contributed by atoms with van der Waals surface area (Å²) in [6.07, 6.45) is 2.83. The lowest BCUT2D eigenvalue weighted by Gasteiger charge is -2.25. The molecule has 2 saturated heterocycles. The molecule has 2 aliphatic heterocycles. The van der Waals surface area contributed by atoms with E-state index in [0.29, 0.717) is 0 Å². The lowest BCUT2D eigenvalue weighted by Crippen LogP contribution is -2.40. The molecule has 0 aromatic heterocycles. The van der Waals surface area contributed by atoms with Crippen molar-refractivity contribution in [3.05, 3.63) is 0 Å². The summed E-state index contributed by atoms with van der Waals surface area (Å²) in [5.41, 5.74) is 0. The van der Waals surface area contributed by atoms with Gasteiger partial charge in [0.25, 0.3) is 0 Å². The third kappa shape index (κ3) is 1.08. The van der Waals surface area contributed by atoms with E-state index in [-0.39, 0.29) is 0 Å². The molecule has 0 radical (unpaired) electrons. The predicted molar refractivity (Wildman–Crippen MR) is 44.6 cm³/mol. The number of nitrogens with zero attached hydrogens (tertiary/aromatic N) is 1. The van der Waals surface area contributed by atoms with Gasteiger partial charge in [-0.2, -0.15) is 0 Å². The second kappa shape index (κ2) is 2.55. The number of rotatable bonds is 0. The fraction of sp³-hybridized carbons (Fsp3) is 1.00. The Hall–Kier alpha value is -0.0151. The van der Waals surface area contributed by atoms with Crippen LogP contribution >= 0.6 is 0 Å². The van der Waals surface area contributed by atoms with Crippen LogP contribution < -0.4 is 5.32 Å². The molecule has 2 fully saturated rings. The molecule has 3 heteroatoms. The number of hydrogen-bond donors (Lipinski definition) is 1. The van der Waals surface area contributed by atoms with Crippen molar-refractivity contribution < 1.29 is 0 Å². The summed E-state index contributed by atoms with van der Waals surface area (Å²) in [5, 5.41) is 3.57. The van der Waals surface area contributed by atoms with Gasteiger partial charge in [-0.25, -0.2) is 0 Å². The molecular formula is C7H15BN2. The normalized spacial score (nSPS) is 41.6. The maximum absolute atomic E-state index is 3.57. The zero-order valence-electron chi connectivity index (χ0n) is 6.64. The minimum Gasteiger partial charge on any atom is -0.347 e. The molecule has 0 unspecified atom stereocenters. The highest BCUT2D eigenvalue weighted by molar-refractivity contribution is 6.04. The number of hydrogen-bond acceptors (Lipinski definition) is 2. The summed E-state index contributed by atoms with van der Waals surface area (Å²) in [6.45, 7) is 3.83. The summed E-state index contributed by atoms with van der Waals surface area (Å²) in [5.74, 6) is 0.957. The van der Waals surface area contributed by atoms with Crippen LogP contribution in [0, 0.1) is 5.92 Å². The number of piperidine rings is 1. The van der Waals surface area contributed by atoms with Crippen molar-refractivity contribution >= 4 is 7.98 Å². The Labute approximate surface area is 63.4 Å². The van der Waals surface area contributed by atoms with Gasteiger partial charge in [-0.15, -0.1) is 0 Å². The molecule has 0 aromatic carbocycles. The van der Waals surface area contributed by atoms with Gasteiger partial charge in [0.2, 0.25) is 0 Å². The maximum atomic E-state index is 3.57. The smallest absolute Gasteiger partial charge is 0.185 e. The Morgan fingerprint density at radius 3 is 3.10 bits per heavy atom. The van der Waals surface area contributed by atoms with E-state index >= 15 is 0 Å². The first-order chi connectivity index (χ1) is 4.86. The second-order valence-corrected chi connectivity index (χ2v) is 3.68. The number of fused-ring (bicyclic) bond motifs is 1. The van der Waals surface area contributed by atoms with Crippen molar-refractivity contribution in [2.45, 2.75) is 18.9 Å². The van der Waals surface area contributed by atoms with Crippen LogP contribution in [-0.2, 0) is 0 Å². The van der Waals surface area contributed by atoms with Crippen LogP contribution in [0.2, 0.25) is 0 Å². The van der Waals surface area contributed by atoms with Crippen LogP contribution in [0.5, 0.6) is 0 Å². The fourth-order valence-electron chi connectivity index (χ4n) is 2.26. The average Bonchev–Trinajstić information content (AvgIpc) is 2.27. The van der Waals surface area contributed by atoms with Gasteiger partial charge in [0.1, 0.15) is 0 Å². The molecule has 2 aliphatic rings.